The lowest BCUT2D eigenvalue weighted by Crippen LogP contribution is -2.14. The molecule has 0 amide bonds. The molecule has 0 rings (SSSR count). The van der Waals surface area contributed by atoms with Crippen molar-refractivity contribution in [1.82, 2.24) is 0 Å². The number of unbranched alkanes of at least 4 members (excludes halogenated alkanes) is 3. The summed E-state index contributed by atoms with van der Waals surface area (Å²) < 4.78 is 1.31. The van der Waals surface area contributed by atoms with Gasteiger partial charge in [-0.1, -0.05) is 54.9 Å². The smallest absolute Gasteiger partial charge is 0.150 e. The second-order valence-electron chi connectivity index (χ2n) is 3.57. The van der Waals surface area contributed by atoms with Crippen molar-refractivity contribution >= 4 is 41.1 Å². The Labute approximate surface area is 89.9 Å². The zero-order valence-corrected chi connectivity index (χ0v) is 11.4. The standard InChI is InChI=1S/C8H18ClISi/c1-11(2,9)8-6-4-3-5-7-10/h3-8H2,1-2H3. The zero-order valence-electron chi connectivity index (χ0n) is 7.50. The summed E-state index contributed by atoms with van der Waals surface area (Å²) in [5.74, 6) is 0. The van der Waals surface area contributed by atoms with E-state index < -0.39 is 7.38 Å². The van der Waals surface area contributed by atoms with Crippen LogP contribution in [-0.2, 0) is 0 Å². The molecule has 0 spiro atoms. The topological polar surface area (TPSA) is 0 Å². The third kappa shape index (κ3) is 11.2. The molecule has 0 aromatic carbocycles. The fourth-order valence-corrected chi connectivity index (χ4v) is 3.02. The first-order valence-corrected chi connectivity index (χ1v) is 10.1. The minimum absolute atomic E-state index is 1.25. The van der Waals surface area contributed by atoms with Crippen LogP contribution in [0.25, 0.3) is 0 Å². The molecule has 0 saturated carbocycles. The fourth-order valence-electron chi connectivity index (χ4n) is 0.993. The number of hydrogen-bond donors (Lipinski definition) is 0. The Morgan fingerprint density at radius 1 is 1.09 bits per heavy atom. The molecule has 0 atom stereocenters. The maximum atomic E-state index is 6.18. The third-order valence-corrected chi connectivity index (χ3v) is 4.53. The van der Waals surface area contributed by atoms with Gasteiger partial charge in [-0.3, -0.25) is 0 Å². The van der Waals surface area contributed by atoms with Crippen molar-refractivity contribution < 1.29 is 0 Å². The molecule has 11 heavy (non-hydrogen) atoms. The molecular weight excluding hydrogens is 287 g/mol. The quantitative estimate of drug-likeness (QED) is 0.224. The maximum absolute atomic E-state index is 6.18. The van der Waals surface area contributed by atoms with Gasteiger partial charge in [-0.2, -0.15) is 11.1 Å². The van der Waals surface area contributed by atoms with Crippen LogP contribution in [0.15, 0.2) is 0 Å². The summed E-state index contributed by atoms with van der Waals surface area (Å²) in [5.41, 5.74) is 0. The van der Waals surface area contributed by atoms with Crippen molar-refractivity contribution in [2.75, 3.05) is 4.43 Å². The van der Waals surface area contributed by atoms with Gasteiger partial charge in [-0.05, 0) is 16.9 Å². The first kappa shape index (κ1) is 12.2. The molecular formula is C8H18ClISi. The Hall–Kier alpha value is 1.24. The second kappa shape index (κ2) is 6.72. The lowest BCUT2D eigenvalue weighted by molar-refractivity contribution is 0.706. The predicted octanol–water partition coefficient (Wildman–Crippen LogP) is 4.43. The van der Waals surface area contributed by atoms with Crippen molar-refractivity contribution in [3.05, 3.63) is 0 Å². The van der Waals surface area contributed by atoms with E-state index in [0.29, 0.717) is 0 Å². The van der Waals surface area contributed by atoms with E-state index in [1.165, 1.54) is 36.2 Å². The molecule has 0 fully saturated rings. The van der Waals surface area contributed by atoms with Gasteiger partial charge in [-0.15, -0.1) is 0 Å². The summed E-state index contributed by atoms with van der Waals surface area (Å²) in [6.07, 6.45) is 5.50. The largest absolute Gasteiger partial charge is 0.168 e. The molecule has 0 bridgehead atoms. The Balaban J connectivity index is 3.02. The van der Waals surface area contributed by atoms with Crippen LogP contribution in [0.1, 0.15) is 25.7 Å². The third-order valence-electron chi connectivity index (χ3n) is 1.65. The van der Waals surface area contributed by atoms with Crippen molar-refractivity contribution in [3.63, 3.8) is 0 Å². The molecule has 0 aromatic heterocycles. The van der Waals surface area contributed by atoms with E-state index in [2.05, 4.69) is 35.7 Å². The van der Waals surface area contributed by atoms with E-state index in [1.54, 1.807) is 0 Å². The Bertz CT molecular complexity index is 90.6. The molecule has 3 heteroatoms. The summed E-state index contributed by atoms with van der Waals surface area (Å²) in [4.78, 5) is 0. The number of halogens is 2. The molecule has 0 heterocycles. The van der Waals surface area contributed by atoms with Gasteiger partial charge in [0, 0.05) is 0 Å². The fraction of sp³-hybridized carbons (Fsp3) is 1.00. The van der Waals surface area contributed by atoms with Crippen LogP contribution in [0.5, 0.6) is 0 Å². The Morgan fingerprint density at radius 3 is 2.09 bits per heavy atom. The molecule has 0 aromatic rings. The van der Waals surface area contributed by atoms with Crippen LogP contribution in [0.2, 0.25) is 19.1 Å². The first-order valence-electron chi connectivity index (χ1n) is 4.31. The van der Waals surface area contributed by atoms with Gasteiger partial charge in [0.05, 0.1) is 0 Å². The van der Waals surface area contributed by atoms with E-state index in [9.17, 15) is 0 Å². The van der Waals surface area contributed by atoms with Crippen LogP contribution in [0.3, 0.4) is 0 Å². The predicted molar refractivity (Wildman–Crippen MR) is 65.5 cm³/mol. The summed E-state index contributed by atoms with van der Waals surface area (Å²) in [6.45, 7) is 4.46. The van der Waals surface area contributed by atoms with E-state index in [4.69, 9.17) is 11.1 Å². The Morgan fingerprint density at radius 2 is 1.64 bits per heavy atom. The summed E-state index contributed by atoms with van der Waals surface area (Å²) in [5, 5.41) is 0. The molecule has 0 aliphatic heterocycles. The molecule has 0 N–H and O–H groups in total. The Kier molecular flexibility index (Phi) is 7.48. The number of rotatable bonds is 6. The van der Waals surface area contributed by atoms with Crippen molar-refractivity contribution in [2.24, 2.45) is 0 Å². The van der Waals surface area contributed by atoms with Crippen LogP contribution in [0.4, 0.5) is 0 Å². The molecule has 0 radical (unpaired) electrons. The molecule has 0 aliphatic rings. The van der Waals surface area contributed by atoms with Crippen LogP contribution >= 0.6 is 33.7 Å². The molecule has 0 nitrogen and oxygen atoms in total. The van der Waals surface area contributed by atoms with Gasteiger partial charge >= 0.3 is 0 Å². The minimum Gasteiger partial charge on any atom is -0.168 e. The highest BCUT2D eigenvalue weighted by Crippen LogP contribution is 2.18. The van der Waals surface area contributed by atoms with Gasteiger partial charge in [0.15, 0.2) is 0 Å². The normalized spacial score (nSPS) is 12.0. The van der Waals surface area contributed by atoms with Crippen molar-refractivity contribution in [1.29, 1.82) is 0 Å². The lowest BCUT2D eigenvalue weighted by atomic mass is 10.2. The van der Waals surface area contributed by atoms with E-state index in [0.717, 1.165) is 0 Å². The molecule has 0 aliphatic carbocycles. The van der Waals surface area contributed by atoms with Gasteiger partial charge < -0.3 is 0 Å². The second-order valence-corrected chi connectivity index (χ2v) is 11.7. The van der Waals surface area contributed by atoms with E-state index in [1.807, 2.05) is 0 Å². The van der Waals surface area contributed by atoms with Crippen molar-refractivity contribution in [3.8, 4) is 0 Å². The van der Waals surface area contributed by atoms with E-state index in [-0.39, 0.29) is 0 Å². The average Bonchev–Trinajstić information content (AvgIpc) is 1.85. The molecule has 0 unspecified atom stereocenters. The monoisotopic (exact) mass is 304 g/mol. The summed E-state index contributed by atoms with van der Waals surface area (Å²) in [6, 6.07) is 1.29. The minimum atomic E-state index is -1.25. The summed E-state index contributed by atoms with van der Waals surface area (Å²) >= 11 is 8.62. The highest BCUT2D eigenvalue weighted by molar-refractivity contribution is 14.1. The molecule has 68 valence electrons. The van der Waals surface area contributed by atoms with Gasteiger partial charge in [0.2, 0.25) is 0 Å². The first-order chi connectivity index (χ1) is 5.06. The van der Waals surface area contributed by atoms with E-state index >= 15 is 0 Å². The highest BCUT2D eigenvalue weighted by atomic mass is 127. The van der Waals surface area contributed by atoms with Crippen LogP contribution in [-0.4, -0.2) is 11.8 Å². The van der Waals surface area contributed by atoms with Crippen LogP contribution in [0, 0.1) is 0 Å². The number of alkyl halides is 1. The molecule has 0 saturated heterocycles. The number of hydrogen-bond acceptors (Lipinski definition) is 0. The average molecular weight is 305 g/mol. The highest BCUT2D eigenvalue weighted by Gasteiger charge is 2.15. The SMILES string of the molecule is C[Si](C)(Cl)CCCCCCI. The summed E-state index contributed by atoms with van der Waals surface area (Å²) in [7, 11) is -1.25. The maximum Gasteiger partial charge on any atom is 0.150 e. The zero-order chi connectivity index (χ0) is 8.74. The van der Waals surface area contributed by atoms with Gasteiger partial charge in [-0.25, -0.2) is 0 Å². The van der Waals surface area contributed by atoms with Crippen molar-refractivity contribution in [2.45, 2.75) is 44.8 Å². The van der Waals surface area contributed by atoms with Gasteiger partial charge in [0.1, 0.15) is 7.38 Å². The van der Waals surface area contributed by atoms with Crippen LogP contribution < -0.4 is 0 Å². The lowest BCUT2D eigenvalue weighted by Gasteiger charge is -2.11. The van der Waals surface area contributed by atoms with Gasteiger partial charge in [0.25, 0.3) is 0 Å².